The zero-order chi connectivity index (χ0) is 22.6. The summed E-state index contributed by atoms with van der Waals surface area (Å²) in [4.78, 5) is 13.6. The fraction of sp³-hybridized carbons (Fsp3) is 0.458. The first-order valence-electron chi connectivity index (χ1n) is 10.3. The fourth-order valence-corrected chi connectivity index (χ4v) is 4.61. The highest BCUT2D eigenvalue weighted by atomic mass is 16.5. The van der Waals surface area contributed by atoms with E-state index in [9.17, 15) is 15.0 Å². The number of rotatable bonds is 6. The molecule has 4 atom stereocenters. The molecule has 0 spiro atoms. The van der Waals surface area contributed by atoms with Gasteiger partial charge < -0.3 is 29.5 Å². The molecule has 1 heterocycles. The zero-order valence-corrected chi connectivity index (χ0v) is 18.1. The summed E-state index contributed by atoms with van der Waals surface area (Å²) in [6.07, 6.45) is -2.50. The Hall–Kier alpha value is -2.61. The molecule has 0 bridgehead atoms. The molecule has 2 aromatic carbocycles. The summed E-state index contributed by atoms with van der Waals surface area (Å²) in [5.41, 5.74) is 0.912. The van der Waals surface area contributed by atoms with Gasteiger partial charge in [0.1, 0.15) is 41.7 Å². The first kappa shape index (κ1) is 21.6. The Morgan fingerprint density at radius 2 is 1.77 bits per heavy atom. The van der Waals surface area contributed by atoms with Gasteiger partial charge in [0.2, 0.25) is 0 Å². The largest absolute Gasteiger partial charge is 0.497 e. The molecule has 0 aromatic heterocycles. The molecule has 7 nitrogen and oxygen atoms in total. The number of ketones is 1. The molecule has 31 heavy (non-hydrogen) atoms. The van der Waals surface area contributed by atoms with Crippen LogP contribution in [0.1, 0.15) is 48.2 Å². The molecule has 3 unspecified atom stereocenters. The monoisotopic (exact) mass is 428 g/mol. The lowest BCUT2D eigenvalue weighted by molar-refractivity contribution is -0.0340. The Morgan fingerprint density at radius 3 is 2.45 bits per heavy atom. The number of hydrogen-bond acceptors (Lipinski definition) is 7. The molecule has 1 aliphatic carbocycles. The van der Waals surface area contributed by atoms with Crippen molar-refractivity contribution in [3.63, 3.8) is 0 Å². The minimum absolute atomic E-state index is 0.0111. The summed E-state index contributed by atoms with van der Waals surface area (Å²) in [5.74, 6) is 1.33. The van der Waals surface area contributed by atoms with Crippen molar-refractivity contribution >= 4 is 5.78 Å². The van der Waals surface area contributed by atoms with E-state index in [0.29, 0.717) is 22.8 Å². The fourth-order valence-electron chi connectivity index (χ4n) is 4.61. The van der Waals surface area contributed by atoms with Gasteiger partial charge in [-0.15, -0.1) is 0 Å². The molecule has 4 rings (SSSR count). The molecule has 166 valence electrons. The van der Waals surface area contributed by atoms with Crippen LogP contribution >= 0.6 is 0 Å². The second kappa shape index (κ2) is 7.51. The molecule has 0 fully saturated rings. The van der Waals surface area contributed by atoms with Gasteiger partial charge in [0.15, 0.2) is 5.78 Å². The van der Waals surface area contributed by atoms with Crippen molar-refractivity contribution in [2.24, 2.45) is 0 Å². The van der Waals surface area contributed by atoms with Crippen LogP contribution in [0.15, 0.2) is 36.4 Å². The third-order valence-corrected chi connectivity index (χ3v) is 6.89. The van der Waals surface area contributed by atoms with Crippen molar-refractivity contribution < 1.29 is 34.3 Å². The maximum atomic E-state index is 13.6. The molecule has 0 saturated carbocycles. The lowest BCUT2D eigenvalue weighted by atomic mass is 9.57. The second-order valence-electron chi connectivity index (χ2n) is 8.87. The molecule has 1 aliphatic heterocycles. The van der Waals surface area contributed by atoms with Gasteiger partial charge in [0.05, 0.1) is 19.6 Å². The van der Waals surface area contributed by atoms with Crippen molar-refractivity contribution in [2.45, 2.75) is 49.9 Å². The molecule has 3 N–H and O–H groups in total. The molecule has 0 saturated heterocycles. The van der Waals surface area contributed by atoms with Crippen LogP contribution in [0.3, 0.4) is 0 Å². The highest BCUT2D eigenvalue weighted by molar-refractivity contribution is 6.06. The Balaban J connectivity index is 1.71. The average molecular weight is 428 g/mol. The molecular weight excluding hydrogens is 400 g/mol. The van der Waals surface area contributed by atoms with Gasteiger partial charge in [0.25, 0.3) is 0 Å². The Kier molecular flexibility index (Phi) is 5.24. The SMILES string of the molecule is COc1ccc2c(c1)OC1(C)C2C(=O)c2ccc(OC[C@@H](O)C(O)CO)cc2C1(C)C. The van der Waals surface area contributed by atoms with Gasteiger partial charge in [0, 0.05) is 22.6 Å². The molecule has 0 amide bonds. The van der Waals surface area contributed by atoms with Crippen molar-refractivity contribution in [1.29, 1.82) is 0 Å². The minimum atomic E-state index is -1.28. The number of carbonyl (C=O) groups excluding carboxylic acids is 1. The van der Waals surface area contributed by atoms with Crippen molar-refractivity contribution in [3.05, 3.63) is 53.1 Å². The van der Waals surface area contributed by atoms with E-state index in [4.69, 9.17) is 19.3 Å². The Morgan fingerprint density at radius 1 is 1.06 bits per heavy atom. The first-order valence-corrected chi connectivity index (χ1v) is 10.3. The summed E-state index contributed by atoms with van der Waals surface area (Å²) in [7, 11) is 1.59. The number of carbonyl (C=O) groups is 1. The van der Waals surface area contributed by atoms with Crippen LogP contribution in [-0.4, -0.2) is 59.2 Å². The normalized spacial score (nSPS) is 25.0. The topological polar surface area (TPSA) is 105 Å². The quantitative estimate of drug-likeness (QED) is 0.648. The standard InChI is InChI=1S/C24H28O7/c1-23(2)17-9-14(30-12-19(27)18(26)11-25)6-7-15(17)22(28)21-16-8-5-13(29-4)10-20(16)31-24(21,23)3/h5-10,18-19,21,25-27H,11-12H2,1-4H3/t18?,19-,21?,24?/m1/s1. The summed E-state index contributed by atoms with van der Waals surface area (Å²) in [5, 5.41) is 28.3. The summed E-state index contributed by atoms with van der Waals surface area (Å²) in [6.45, 7) is 5.31. The van der Waals surface area contributed by atoms with Crippen LogP contribution in [0.5, 0.6) is 17.2 Å². The van der Waals surface area contributed by atoms with E-state index in [1.54, 1.807) is 25.3 Å². The maximum absolute atomic E-state index is 13.6. The van der Waals surface area contributed by atoms with Gasteiger partial charge in [-0.3, -0.25) is 4.79 Å². The smallest absolute Gasteiger partial charge is 0.174 e. The number of benzene rings is 2. The third kappa shape index (κ3) is 3.19. The second-order valence-corrected chi connectivity index (χ2v) is 8.87. The lowest BCUT2D eigenvalue weighted by Gasteiger charge is -2.48. The number of ether oxygens (including phenoxy) is 3. The van der Waals surface area contributed by atoms with Gasteiger partial charge in [-0.25, -0.2) is 0 Å². The maximum Gasteiger partial charge on any atom is 0.174 e. The van der Waals surface area contributed by atoms with E-state index in [0.717, 1.165) is 11.1 Å². The number of hydrogen-bond donors (Lipinski definition) is 3. The predicted octanol–water partition coefficient (Wildman–Crippen LogP) is 2.20. The predicted molar refractivity (Wildman–Crippen MR) is 113 cm³/mol. The highest BCUT2D eigenvalue weighted by Gasteiger charge is 2.61. The summed E-state index contributed by atoms with van der Waals surface area (Å²) >= 11 is 0. The average Bonchev–Trinajstić information content (AvgIpc) is 3.08. The third-order valence-electron chi connectivity index (χ3n) is 6.89. The lowest BCUT2D eigenvalue weighted by Crippen LogP contribution is -2.57. The summed E-state index contributed by atoms with van der Waals surface area (Å²) in [6, 6.07) is 10.8. The molecule has 2 aliphatic rings. The number of aliphatic hydroxyl groups is 3. The van der Waals surface area contributed by atoms with Crippen molar-refractivity contribution in [1.82, 2.24) is 0 Å². The van der Waals surface area contributed by atoms with Crippen molar-refractivity contribution in [2.75, 3.05) is 20.3 Å². The van der Waals surface area contributed by atoms with E-state index in [-0.39, 0.29) is 12.4 Å². The van der Waals surface area contributed by atoms with Gasteiger partial charge in [-0.05, 0) is 36.8 Å². The Labute approximate surface area is 181 Å². The first-order chi connectivity index (χ1) is 14.6. The molecule has 0 radical (unpaired) electrons. The molecule has 7 heteroatoms. The van der Waals surface area contributed by atoms with Crippen LogP contribution in [0, 0.1) is 0 Å². The van der Waals surface area contributed by atoms with Crippen LogP contribution in [0.4, 0.5) is 0 Å². The van der Waals surface area contributed by atoms with Crippen LogP contribution in [0.2, 0.25) is 0 Å². The minimum Gasteiger partial charge on any atom is -0.497 e. The number of Topliss-reactive ketones (excluding diaryl/α,β-unsaturated/α-hetero) is 1. The van der Waals surface area contributed by atoms with Crippen molar-refractivity contribution in [3.8, 4) is 17.2 Å². The van der Waals surface area contributed by atoms with Crippen LogP contribution in [-0.2, 0) is 5.41 Å². The number of methoxy groups -OCH3 is 1. The van der Waals surface area contributed by atoms with Gasteiger partial charge in [-0.1, -0.05) is 19.9 Å². The van der Waals surface area contributed by atoms with E-state index in [1.165, 1.54) is 0 Å². The van der Waals surface area contributed by atoms with E-state index in [2.05, 4.69) is 0 Å². The van der Waals surface area contributed by atoms with E-state index >= 15 is 0 Å². The highest BCUT2D eigenvalue weighted by Crippen LogP contribution is 2.59. The Bertz CT molecular complexity index is 1010. The molecule has 2 aromatic rings. The summed E-state index contributed by atoms with van der Waals surface area (Å²) < 4.78 is 17.4. The zero-order valence-electron chi connectivity index (χ0n) is 18.1. The molecular formula is C24H28O7. The van der Waals surface area contributed by atoms with E-state index < -0.39 is 35.7 Å². The van der Waals surface area contributed by atoms with Gasteiger partial charge in [-0.2, -0.15) is 0 Å². The van der Waals surface area contributed by atoms with Gasteiger partial charge >= 0.3 is 0 Å². The van der Waals surface area contributed by atoms with Crippen LogP contribution in [0.25, 0.3) is 0 Å². The number of aliphatic hydroxyl groups excluding tert-OH is 3. The van der Waals surface area contributed by atoms with E-state index in [1.807, 2.05) is 39.0 Å². The number of fused-ring (bicyclic) bond motifs is 4. The van der Waals surface area contributed by atoms with Crippen LogP contribution < -0.4 is 14.2 Å².